The standard InChI is InChI=1S/C20H29ClN2O4/c1-20(2,3)27-19(25)23-10-8-15(9-11-23)18(24)22(4)12-13-26-17-7-5-6-16(21)14-17/h5-7,14-15H,8-13H2,1-4H3. The molecule has 1 saturated heterocycles. The van der Waals surface area contributed by atoms with Crippen LogP contribution in [0.1, 0.15) is 33.6 Å². The van der Waals surface area contributed by atoms with Gasteiger partial charge in [0, 0.05) is 31.1 Å². The van der Waals surface area contributed by atoms with Crippen molar-refractivity contribution in [2.75, 3.05) is 33.3 Å². The lowest BCUT2D eigenvalue weighted by Crippen LogP contribution is -2.45. The number of piperidine rings is 1. The van der Waals surface area contributed by atoms with Crippen LogP contribution in [0, 0.1) is 5.92 Å². The molecule has 0 N–H and O–H groups in total. The molecule has 150 valence electrons. The lowest BCUT2D eigenvalue weighted by molar-refractivity contribution is -0.136. The molecule has 0 aromatic heterocycles. The fourth-order valence-corrected chi connectivity index (χ4v) is 3.09. The van der Waals surface area contributed by atoms with Crippen molar-refractivity contribution in [1.82, 2.24) is 9.80 Å². The Labute approximate surface area is 166 Å². The van der Waals surface area contributed by atoms with Crippen molar-refractivity contribution in [2.24, 2.45) is 5.92 Å². The smallest absolute Gasteiger partial charge is 0.410 e. The maximum atomic E-state index is 12.6. The van der Waals surface area contributed by atoms with Crippen molar-refractivity contribution in [1.29, 1.82) is 0 Å². The molecule has 0 radical (unpaired) electrons. The summed E-state index contributed by atoms with van der Waals surface area (Å²) < 4.78 is 11.0. The van der Waals surface area contributed by atoms with Crippen molar-refractivity contribution < 1.29 is 19.1 Å². The highest BCUT2D eigenvalue weighted by Gasteiger charge is 2.31. The number of halogens is 1. The molecular weight excluding hydrogens is 368 g/mol. The predicted molar refractivity (Wildman–Crippen MR) is 105 cm³/mol. The van der Waals surface area contributed by atoms with Gasteiger partial charge in [-0.05, 0) is 51.8 Å². The summed E-state index contributed by atoms with van der Waals surface area (Å²) in [6.45, 7) is 7.53. The van der Waals surface area contributed by atoms with Gasteiger partial charge in [-0.15, -0.1) is 0 Å². The zero-order valence-corrected chi connectivity index (χ0v) is 17.3. The molecule has 2 amide bonds. The third kappa shape index (κ3) is 6.94. The number of hydrogen-bond donors (Lipinski definition) is 0. The van der Waals surface area contributed by atoms with Crippen LogP contribution in [0.25, 0.3) is 0 Å². The van der Waals surface area contributed by atoms with E-state index >= 15 is 0 Å². The Morgan fingerprint density at radius 1 is 1.26 bits per heavy atom. The topological polar surface area (TPSA) is 59.1 Å². The Balaban J connectivity index is 1.73. The number of hydrogen-bond acceptors (Lipinski definition) is 4. The fraction of sp³-hybridized carbons (Fsp3) is 0.600. The van der Waals surface area contributed by atoms with E-state index in [1.807, 2.05) is 32.9 Å². The van der Waals surface area contributed by atoms with E-state index in [2.05, 4.69) is 0 Å². The van der Waals surface area contributed by atoms with Gasteiger partial charge in [-0.2, -0.15) is 0 Å². The third-order valence-corrected chi connectivity index (χ3v) is 4.60. The van der Waals surface area contributed by atoms with E-state index in [-0.39, 0.29) is 17.9 Å². The molecule has 1 aromatic carbocycles. The second-order valence-electron chi connectivity index (χ2n) is 7.81. The summed E-state index contributed by atoms with van der Waals surface area (Å²) in [7, 11) is 1.78. The lowest BCUT2D eigenvalue weighted by Gasteiger charge is -2.34. The minimum atomic E-state index is -0.507. The number of likely N-dealkylation sites (N-methyl/N-ethyl adjacent to an activating group) is 1. The van der Waals surface area contributed by atoms with Crippen LogP contribution in [0.5, 0.6) is 5.75 Å². The maximum Gasteiger partial charge on any atom is 0.410 e. The molecule has 1 fully saturated rings. The number of likely N-dealkylation sites (tertiary alicyclic amines) is 1. The van der Waals surface area contributed by atoms with Crippen LogP contribution in [-0.4, -0.2) is 60.7 Å². The molecule has 0 aliphatic carbocycles. The molecule has 6 nitrogen and oxygen atoms in total. The van der Waals surface area contributed by atoms with Gasteiger partial charge in [0.2, 0.25) is 5.91 Å². The zero-order chi connectivity index (χ0) is 20.0. The average Bonchev–Trinajstić information content (AvgIpc) is 2.60. The summed E-state index contributed by atoms with van der Waals surface area (Å²) >= 11 is 5.93. The van der Waals surface area contributed by atoms with Gasteiger partial charge in [0.1, 0.15) is 18.0 Å². The number of carbonyl (C=O) groups excluding carboxylic acids is 2. The number of nitrogens with zero attached hydrogens (tertiary/aromatic N) is 2. The molecule has 2 rings (SSSR count). The van der Waals surface area contributed by atoms with Gasteiger partial charge in [0.05, 0.1) is 6.54 Å². The largest absolute Gasteiger partial charge is 0.492 e. The Kier molecular flexibility index (Phi) is 7.36. The molecule has 1 aliphatic heterocycles. The first-order valence-electron chi connectivity index (χ1n) is 9.27. The van der Waals surface area contributed by atoms with E-state index in [4.69, 9.17) is 21.1 Å². The van der Waals surface area contributed by atoms with Gasteiger partial charge < -0.3 is 19.3 Å². The molecule has 1 aliphatic rings. The van der Waals surface area contributed by atoms with E-state index in [0.29, 0.717) is 49.9 Å². The van der Waals surface area contributed by atoms with Crippen molar-refractivity contribution in [3.63, 3.8) is 0 Å². The summed E-state index contributed by atoms with van der Waals surface area (Å²) in [6.07, 6.45) is 0.992. The minimum Gasteiger partial charge on any atom is -0.492 e. The summed E-state index contributed by atoms with van der Waals surface area (Å²) in [4.78, 5) is 28.1. The van der Waals surface area contributed by atoms with E-state index in [1.165, 1.54) is 0 Å². The predicted octanol–water partition coefficient (Wildman–Crippen LogP) is 3.82. The number of benzene rings is 1. The highest BCUT2D eigenvalue weighted by atomic mass is 35.5. The Bertz CT molecular complexity index is 652. The number of rotatable bonds is 5. The molecule has 0 bridgehead atoms. The highest BCUT2D eigenvalue weighted by Crippen LogP contribution is 2.21. The van der Waals surface area contributed by atoms with Crippen LogP contribution in [0.4, 0.5) is 4.79 Å². The monoisotopic (exact) mass is 396 g/mol. The summed E-state index contributed by atoms with van der Waals surface area (Å²) in [5.41, 5.74) is -0.507. The van der Waals surface area contributed by atoms with Crippen LogP contribution in [0.3, 0.4) is 0 Å². The van der Waals surface area contributed by atoms with Crippen molar-refractivity contribution >= 4 is 23.6 Å². The first kappa shape index (κ1) is 21.4. The molecule has 7 heteroatoms. The van der Waals surface area contributed by atoms with Crippen LogP contribution >= 0.6 is 11.6 Å². The van der Waals surface area contributed by atoms with E-state index in [9.17, 15) is 9.59 Å². The second kappa shape index (κ2) is 9.31. The normalized spacial score (nSPS) is 15.4. The van der Waals surface area contributed by atoms with E-state index in [0.717, 1.165) is 0 Å². The van der Waals surface area contributed by atoms with Crippen molar-refractivity contribution in [2.45, 2.75) is 39.2 Å². The van der Waals surface area contributed by atoms with Gasteiger partial charge in [-0.3, -0.25) is 4.79 Å². The van der Waals surface area contributed by atoms with Gasteiger partial charge in [-0.25, -0.2) is 4.79 Å². The molecule has 1 heterocycles. The van der Waals surface area contributed by atoms with Gasteiger partial charge in [0.15, 0.2) is 0 Å². The van der Waals surface area contributed by atoms with Crippen LogP contribution < -0.4 is 4.74 Å². The quantitative estimate of drug-likeness (QED) is 0.759. The molecular formula is C20H29ClN2O4. The Morgan fingerprint density at radius 3 is 2.52 bits per heavy atom. The molecule has 0 saturated carbocycles. The first-order chi connectivity index (χ1) is 12.7. The Hall–Kier alpha value is -1.95. The lowest BCUT2D eigenvalue weighted by atomic mass is 9.95. The van der Waals surface area contributed by atoms with Crippen molar-refractivity contribution in [3.8, 4) is 5.75 Å². The minimum absolute atomic E-state index is 0.0696. The van der Waals surface area contributed by atoms with Crippen LogP contribution in [0.2, 0.25) is 5.02 Å². The molecule has 0 atom stereocenters. The third-order valence-electron chi connectivity index (χ3n) is 4.36. The highest BCUT2D eigenvalue weighted by molar-refractivity contribution is 6.30. The zero-order valence-electron chi connectivity index (χ0n) is 16.5. The number of ether oxygens (including phenoxy) is 2. The molecule has 0 spiro atoms. The molecule has 0 unspecified atom stereocenters. The summed E-state index contributed by atoms with van der Waals surface area (Å²) in [6, 6.07) is 7.19. The van der Waals surface area contributed by atoms with Crippen LogP contribution in [0.15, 0.2) is 24.3 Å². The van der Waals surface area contributed by atoms with Crippen LogP contribution in [-0.2, 0) is 9.53 Å². The van der Waals surface area contributed by atoms with Crippen molar-refractivity contribution in [3.05, 3.63) is 29.3 Å². The number of carbonyl (C=O) groups is 2. The first-order valence-corrected chi connectivity index (χ1v) is 9.65. The molecule has 1 aromatic rings. The summed E-state index contributed by atoms with van der Waals surface area (Å²) in [5, 5.41) is 0.619. The van der Waals surface area contributed by atoms with Gasteiger partial charge in [0.25, 0.3) is 0 Å². The SMILES string of the molecule is CN(CCOc1cccc(Cl)c1)C(=O)C1CCN(C(=O)OC(C)(C)C)CC1. The van der Waals surface area contributed by atoms with E-state index < -0.39 is 5.60 Å². The molecule has 27 heavy (non-hydrogen) atoms. The fourth-order valence-electron chi connectivity index (χ4n) is 2.91. The summed E-state index contributed by atoms with van der Waals surface area (Å²) in [5.74, 6) is 0.711. The maximum absolute atomic E-state index is 12.6. The number of amides is 2. The van der Waals surface area contributed by atoms with Gasteiger partial charge >= 0.3 is 6.09 Å². The second-order valence-corrected chi connectivity index (χ2v) is 8.24. The Morgan fingerprint density at radius 2 is 1.93 bits per heavy atom. The van der Waals surface area contributed by atoms with E-state index in [1.54, 1.807) is 29.0 Å². The average molecular weight is 397 g/mol. The van der Waals surface area contributed by atoms with Gasteiger partial charge in [-0.1, -0.05) is 17.7 Å².